The van der Waals surface area contributed by atoms with E-state index in [1.54, 1.807) is 0 Å². The molecule has 1 aliphatic rings. The highest BCUT2D eigenvalue weighted by molar-refractivity contribution is 7.93. The highest BCUT2D eigenvalue weighted by Crippen LogP contribution is 2.39. The van der Waals surface area contributed by atoms with Crippen LogP contribution in [-0.2, 0) is 22.9 Å². The number of hydrogen-bond acceptors (Lipinski definition) is 4. The number of primary amides is 1. The Morgan fingerprint density at radius 1 is 1.22 bits per heavy atom. The number of hydrogen-bond donors (Lipinski definition) is 2. The lowest BCUT2D eigenvalue weighted by molar-refractivity contribution is 0.100. The summed E-state index contributed by atoms with van der Waals surface area (Å²) >= 11 is 1.15. The Balaban J connectivity index is 2.01. The molecule has 3 rings (SSSR count). The van der Waals surface area contributed by atoms with Gasteiger partial charge in [-0.2, -0.15) is 0 Å². The van der Waals surface area contributed by atoms with Crippen molar-refractivity contribution in [3.8, 4) is 0 Å². The SMILES string of the molecule is NC(=O)c1c(NS(=O)(=O)c2ccc(F)c(F)c2)sc2c1CCC2. The predicted octanol–water partition coefficient (Wildman–Crippen LogP) is 2.41. The fraction of sp³-hybridized carbons (Fsp3) is 0.214. The van der Waals surface area contributed by atoms with E-state index in [9.17, 15) is 22.0 Å². The van der Waals surface area contributed by atoms with Crippen LogP contribution in [0.4, 0.5) is 13.8 Å². The molecule has 0 aliphatic heterocycles. The van der Waals surface area contributed by atoms with Gasteiger partial charge in [-0.05, 0) is 43.0 Å². The molecule has 0 saturated heterocycles. The van der Waals surface area contributed by atoms with Crippen molar-refractivity contribution in [3.63, 3.8) is 0 Å². The van der Waals surface area contributed by atoms with Crippen LogP contribution in [0.3, 0.4) is 0 Å². The Morgan fingerprint density at radius 3 is 2.61 bits per heavy atom. The van der Waals surface area contributed by atoms with Crippen LogP contribution in [0.15, 0.2) is 23.1 Å². The zero-order valence-corrected chi connectivity index (χ0v) is 13.4. The van der Waals surface area contributed by atoms with Gasteiger partial charge in [0, 0.05) is 4.88 Å². The molecule has 0 spiro atoms. The molecule has 1 aromatic carbocycles. The van der Waals surface area contributed by atoms with Crippen molar-refractivity contribution >= 4 is 32.3 Å². The average molecular weight is 358 g/mol. The summed E-state index contributed by atoms with van der Waals surface area (Å²) in [5.41, 5.74) is 6.29. The Morgan fingerprint density at radius 2 is 1.96 bits per heavy atom. The summed E-state index contributed by atoms with van der Waals surface area (Å²) in [7, 11) is -4.15. The van der Waals surface area contributed by atoms with Gasteiger partial charge in [-0.3, -0.25) is 9.52 Å². The maximum Gasteiger partial charge on any atom is 0.262 e. The minimum Gasteiger partial charge on any atom is -0.365 e. The van der Waals surface area contributed by atoms with Crippen molar-refractivity contribution in [1.82, 2.24) is 0 Å². The number of carbonyl (C=O) groups excluding carboxylic acids is 1. The summed E-state index contributed by atoms with van der Waals surface area (Å²) in [5.74, 6) is -3.12. The number of benzene rings is 1. The first-order valence-electron chi connectivity index (χ1n) is 6.72. The third kappa shape index (κ3) is 2.81. The number of carbonyl (C=O) groups is 1. The molecule has 0 atom stereocenters. The largest absolute Gasteiger partial charge is 0.365 e. The van der Waals surface area contributed by atoms with Crippen LogP contribution in [0, 0.1) is 11.6 Å². The fourth-order valence-corrected chi connectivity index (χ4v) is 5.17. The van der Waals surface area contributed by atoms with Gasteiger partial charge in [0.05, 0.1) is 10.5 Å². The van der Waals surface area contributed by atoms with E-state index in [2.05, 4.69) is 4.72 Å². The predicted molar refractivity (Wildman–Crippen MR) is 82.0 cm³/mol. The number of aryl methyl sites for hydroxylation is 1. The summed E-state index contributed by atoms with van der Waals surface area (Å²) in [6.45, 7) is 0. The third-order valence-corrected chi connectivity index (χ3v) is 6.28. The first-order valence-corrected chi connectivity index (χ1v) is 9.02. The molecule has 0 saturated carbocycles. The van der Waals surface area contributed by atoms with E-state index in [0.717, 1.165) is 46.8 Å². The first-order chi connectivity index (χ1) is 10.8. The molecule has 1 heterocycles. The number of anilines is 1. The van der Waals surface area contributed by atoms with Crippen LogP contribution in [0.5, 0.6) is 0 Å². The second-order valence-electron chi connectivity index (χ2n) is 5.11. The van der Waals surface area contributed by atoms with Crippen molar-refractivity contribution in [2.45, 2.75) is 24.2 Å². The van der Waals surface area contributed by atoms with E-state index in [1.165, 1.54) is 0 Å². The van der Waals surface area contributed by atoms with Crippen molar-refractivity contribution in [1.29, 1.82) is 0 Å². The Bertz CT molecular complexity index is 907. The normalized spacial score (nSPS) is 13.8. The zero-order chi connectivity index (χ0) is 16.8. The number of nitrogens with two attached hydrogens (primary N) is 1. The highest BCUT2D eigenvalue weighted by Gasteiger charge is 2.28. The summed E-state index contributed by atoms with van der Waals surface area (Å²) in [6, 6.07) is 2.27. The summed E-state index contributed by atoms with van der Waals surface area (Å²) in [4.78, 5) is 12.1. The average Bonchev–Trinajstić information content (AvgIpc) is 3.00. The molecule has 122 valence electrons. The quantitative estimate of drug-likeness (QED) is 0.880. The van der Waals surface area contributed by atoms with Crippen LogP contribution in [0.1, 0.15) is 27.2 Å². The molecule has 5 nitrogen and oxygen atoms in total. The molecule has 2 aromatic rings. The molecule has 1 aromatic heterocycles. The molecular weight excluding hydrogens is 346 g/mol. The topological polar surface area (TPSA) is 89.3 Å². The number of fused-ring (bicyclic) bond motifs is 1. The zero-order valence-electron chi connectivity index (χ0n) is 11.7. The van der Waals surface area contributed by atoms with Crippen LogP contribution < -0.4 is 10.5 Å². The molecule has 23 heavy (non-hydrogen) atoms. The molecule has 9 heteroatoms. The van der Waals surface area contributed by atoms with Gasteiger partial charge in [0.15, 0.2) is 11.6 Å². The molecule has 3 N–H and O–H groups in total. The molecule has 0 fully saturated rings. The molecule has 1 aliphatic carbocycles. The number of sulfonamides is 1. The van der Waals surface area contributed by atoms with Crippen molar-refractivity contribution in [2.24, 2.45) is 5.73 Å². The Kier molecular flexibility index (Phi) is 3.85. The lowest BCUT2D eigenvalue weighted by Gasteiger charge is -2.08. The number of amides is 1. The van der Waals surface area contributed by atoms with E-state index in [0.29, 0.717) is 12.5 Å². The molecule has 0 unspecified atom stereocenters. The molecule has 0 bridgehead atoms. The minimum atomic E-state index is -4.15. The maximum atomic E-state index is 13.2. The smallest absolute Gasteiger partial charge is 0.262 e. The number of thiophene rings is 1. The lowest BCUT2D eigenvalue weighted by atomic mass is 10.1. The van der Waals surface area contributed by atoms with Crippen molar-refractivity contribution in [3.05, 3.63) is 45.8 Å². The first kappa shape index (κ1) is 15.9. The van der Waals surface area contributed by atoms with Gasteiger partial charge in [-0.15, -0.1) is 11.3 Å². The van der Waals surface area contributed by atoms with E-state index < -0.39 is 32.5 Å². The summed E-state index contributed by atoms with van der Waals surface area (Å²) in [5, 5.41) is 0.118. The number of halogens is 2. The second kappa shape index (κ2) is 5.57. The minimum absolute atomic E-state index is 0.118. The monoisotopic (exact) mass is 358 g/mol. The highest BCUT2D eigenvalue weighted by atomic mass is 32.2. The maximum absolute atomic E-state index is 13.2. The van der Waals surface area contributed by atoms with Crippen LogP contribution in [0.2, 0.25) is 0 Å². The van der Waals surface area contributed by atoms with E-state index in [1.807, 2.05) is 0 Å². The van der Waals surface area contributed by atoms with E-state index >= 15 is 0 Å². The van der Waals surface area contributed by atoms with E-state index in [-0.39, 0.29) is 10.6 Å². The van der Waals surface area contributed by atoms with Gasteiger partial charge >= 0.3 is 0 Å². The number of nitrogens with one attached hydrogen (secondary N) is 1. The van der Waals surface area contributed by atoms with Gasteiger partial charge < -0.3 is 5.73 Å². The molecular formula is C14H12F2N2O3S2. The third-order valence-electron chi connectivity index (χ3n) is 3.60. The fourth-order valence-electron chi connectivity index (χ4n) is 2.56. The van der Waals surface area contributed by atoms with E-state index in [4.69, 9.17) is 5.73 Å². The lowest BCUT2D eigenvalue weighted by Crippen LogP contribution is -2.18. The van der Waals surface area contributed by atoms with Crippen LogP contribution in [-0.4, -0.2) is 14.3 Å². The van der Waals surface area contributed by atoms with Gasteiger partial charge in [0.2, 0.25) is 0 Å². The Labute approximate surface area is 135 Å². The van der Waals surface area contributed by atoms with Gasteiger partial charge in [-0.25, -0.2) is 17.2 Å². The summed E-state index contributed by atoms with van der Waals surface area (Å²) < 4.78 is 53.1. The van der Waals surface area contributed by atoms with Gasteiger partial charge in [-0.1, -0.05) is 0 Å². The molecule has 1 amide bonds. The van der Waals surface area contributed by atoms with Gasteiger partial charge in [0.25, 0.3) is 15.9 Å². The molecule has 0 radical (unpaired) electrons. The van der Waals surface area contributed by atoms with Crippen LogP contribution >= 0.6 is 11.3 Å². The second-order valence-corrected chi connectivity index (χ2v) is 7.89. The summed E-state index contributed by atoms with van der Waals surface area (Å²) in [6.07, 6.45) is 2.31. The van der Waals surface area contributed by atoms with Crippen molar-refractivity contribution in [2.75, 3.05) is 4.72 Å². The Hall–Kier alpha value is -2.00. The van der Waals surface area contributed by atoms with Crippen LogP contribution in [0.25, 0.3) is 0 Å². The van der Waals surface area contributed by atoms with Gasteiger partial charge in [0.1, 0.15) is 5.00 Å². The standard InChI is InChI=1S/C14H12F2N2O3S2/c15-9-5-4-7(6-10(9)16)23(20,21)18-14-12(13(17)19)8-2-1-3-11(8)22-14/h4-6,18H,1-3H2,(H2,17,19). The van der Waals surface area contributed by atoms with Crippen molar-refractivity contribution < 1.29 is 22.0 Å². The number of rotatable bonds is 4.